The van der Waals surface area contributed by atoms with Crippen molar-refractivity contribution in [2.45, 2.75) is 56.0 Å². The molecule has 0 fully saturated rings. The number of carbonyl (C=O) groups excluding carboxylic acids is 1. The fourth-order valence-electron chi connectivity index (χ4n) is 4.00. The Balaban J connectivity index is 1.90. The van der Waals surface area contributed by atoms with Gasteiger partial charge in [0.15, 0.2) is 5.69 Å². The Kier molecular flexibility index (Phi) is 10.6. The Hall–Kier alpha value is -3.11. The summed E-state index contributed by atoms with van der Waals surface area (Å²) in [6, 6.07) is 15.0. The third-order valence-corrected chi connectivity index (χ3v) is 7.68. The topological polar surface area (TPSA) is 93.9 Å². The second-order valence-electron chi connectivity index (χ2n) is 9.10. The maximum absolute atomic E-state index is 12.9. The van der Waals surface area contributed by atoms with Crippen LogP contribution in [0.1, 0.15) is 59.7 Å². The maximum atomic E-state index is 12.9. The van der Waals surface area contributed by atoms with Crippen molar-refractivity contribution in [3.63, 3.8) is 0 Å². The second-order valence-corrected chi connectivity index (χ2v) is 11.5. The van der Waals surface area contributed by atoms with Crippen LogP contribution in [0.5, 0.6) is 0 Å². The van der Waals surface area contributed by atoms with Crippen molar-refractivity contribution in [3.8, 4) is 0 Å². The molecule has 8 nitrogen and oxygen atoms in total. The van der Waals surface area contributed by atoms with Crippen molar-refractivity contribution in [1.82, 2.24) is 14.5 Å². The highest BCUT2D eigenvalue weighted by Gasteiger charge is 2.24. The van der Waals surface area contributed by atoms with Crippen molar-refractivity contribution in [1.29, 1.82) is 0 Å². The van der Waals surface area contributed by atoms with E-state index in [1.807, 2.05) is 35.1 Å². The molecular weight excluding hydrogens is 520 g/mol. The Labute approximate surface area is 230 Å². The molecule has 1 heterocycles. The third kappa shape index (κ3) is 7.70. The third-order valence-electron chi connectivity index (χ3n) is 5.78. The van der Waals surface area contributed by atoms with Crippen LogP contribution in [0.4, 0.5) is 0 Å². The van der Waals surface area contributed by atoms with Crippen molar-refractivity contribution in [2.75, 3.05) is 27.0 Å². The van der Waals surface area contributed by atoms with Gasteiger partial charge < -0.3 is 14.2 Å². The molecule has 0 aliphatic carbocycles. The number of sulfonamides is 1. The van der Waals surface area contributed by atoms with Gasteiger partial charge in [0.1, 0.15) is 17.2 Å². The van der Waals surface area contributed by atoms with Crippen LogP contribution in [0.2, 0.25) is 0 Å². The van der Waals surface area contributed by atoms with Crippen LogP contribution >= 0.6 is 11.8 Å². The van der Waals surface area contributed by atoms with Gasteiger partial charge in [0, 0.05) is 27.1 Å². The van der Waals surface area contributed by atoms with Gasteiger partial charge in [-0.05, 0) is 54.8 Å². The molecule has 0 N–H and O–H groups in total. The number of ether oxygens (including phenoxy) is 1. The van der Waals surface area contributed by atoms with Crippen LogP contribution in [-0.2, 0) is 34.1 Å². The lowest BCUT2D eigenvalue weighted by molar-refractivity contribution is 0.0509. The zero-order valence-corrected chi connectivity index (χ0v) is 24.3. The van der Waals surface area contributed by atoms with Gasteiger partial charge in [0.05, 0.1) is 11.5 Å². The molecule has 0 bridgehead atoms. The summed E-state index contributed by atoms with van der Waals surface area (Å²) in [7, 11) is -0.340. The van der Waals surface area contributed by atoms with Crippen molar-refractivity contribution >= 4 is 34.1 Å². The summed E-state index contributed by atoms with van der Waals surface area (Å²) in [6.45, 7) is 4.72. The van der Waals surface area contributed by atoms with Gasteiger partial charge >= 0.3 is 5.97 Å². The van der Waals surface area contributed by atoms with E-state index in [1.54, 1.807) is 44.1 Å². The molecule has 1 aromatic heterocycles. The number of imidazole rings is 1. The van der Waals surface area contributed by atoms with Crippen LogP contribution in [0.25, 0.3) is 0 Å². The molecule has 0 aliphatic heterocycles. The van der Waals surface area contributed by atoms with E-state index in [2.05, 4.69) is 17.4 Å². The van der Waals surface area contributed by atoms with Gasteiger partial charge in [-0.25, -0.2) is 9.78 Å². The van der Waals surface area contributed by atoms with Crippen LogP contribution in [0.15, 0.2) is 62.9 Å². The Bertz CT molecular complexity index is 1380. The van der Waals surface area contributed by atoms with E-state index >= 15 is 0 Å². The fourth-order valence-corrected chi connectivity index (χ4v) is 5.57. The molecule has 3 aromatic rings. The number of carbonyl (C=O) groups is 1. The summed E-state index contributed by atoms with van der Waals surface area (Å²) in [5.74, 6) is 0.513. The number of hydrogen-bond acceptors (Lipinski definition) is 6. The van der Waals surface area contributed by atoms with Crippen molar-refractivity contribution in [2.24, 2.45) is 4.40 Å². The molecular formula is C28H36N4O4S2. The van der Waals surface area contributed by atoms with Gasteiger partial charge in [-0.3, -0.25) is 0 Å². The molecule has 204 valence electrons. The molecule has 0 saturated carbocycles. The first kappa shape index (κ1) is 29.4. The number of nitrogens with zero attached hydrogens (tertiary/aromatic N) is 4. The number of unbranched alkanes of at least 4 members (excludes halogenated alkanes) is 1. The zero-order chi connectivity index (χ0) is 27.7. The number of thioether (sulfide) groups is 1. The van der Waals surface area contributed by atoms with Crippen LogP contribution in [0, 0.1) is 0 Å². The SMILES string of the molecule is CCCCc1nc(SC)c(C(=O)OCC)n1Cc1cccc(Cc2cccc(S(=O)(=O)/N=C/N(C)C)c2)c1. The molecule has 2 aromatic carbocycles. The second kappa shape index (κ2) is 13.6. The molecule has 0 spiro atoms. The number of aryl methyl sites for hydroxylation is 1. The first-order chi connectivity index (χ1) is 18.2. The van der Waals surface area contributed by atoms with E-state index in [4.69, 9.17) is 9.72 Å². The standard InChI is InChI=1S/C28H36N4O4S2/c1-6-8-15-25-30-27(37-5)26(28(33)36-7-2)32(25)19-23-13-9-11-21(17-23)16-22-12-10-14-24(18-22)38(34,35)29-20-31(3)4/h9-14,17-18,20H,6-8,15-16,19H2,1-5H3/b29-20+. The molecule has 0 radical (unpaired) electrons. The Morgan fingerprint density at radius 1 is 1.11 bits per heavy atom. The molecule has 0 amide bonds. The number of esters is 1. The van der Waals surface area contributed by atoms with E-state index in [1.165, 1.54) is 18.1 Å². The van der Waals surface area contributed by atoms with Gasteiger partial charge in [0.2, 0.25) is 0 Å². The van der Waals surface area contributed by atoms with Gasteiger partial charge in [0.25, 0.3) is 10.0 Å². The van der Waals surface area contributed by atoms with E-state index < -0.39 is 10.0 Å². The van der Waals surface area contributed by atoms with Crippen LogP contribution < -0.4 is 0 Å². The summed E-state index contributed by atoms with van der Waals surface area (Å²) in [6.07, 6.45) is 6.54. The van der Waals surface area contributed by atoms with Crippen LogP contribution in [0.3, 0.4) is 0 Å². The normalized spacial score (nSPS) is 11.7. The predicted molar refractivity (Wildman–Crippen MR) is 153 cm³/mol. The molecule has 10 heteroatoms. The number of rotatable bonds is 13. The molecule has 3 rings (SSSR count). The summed E-state index contributed by atoms with van der Waals surface area (Å²) >= 11 is 1.45. The van der Waals surface area contributed by atoms with E-state index in [0.717, 1.165) is 41.8 Å². The maximum Gasteiger partial charge on any atom is 0.357 e. The minimum absolute atomic E-state index is 0.159. The highest BCUT2D eigenvalue weighted by molar-refractivity contribution is 7.98. The van der Waals surface area contributed by atoms with Crippen molar-refractivity contribution in [3.05, 3.63) is 76.7 Å². The average molecular weight is 557 g/mol. The summed E-state index contributed by atoms with van der Waals surface area (Å²) in [5.41, 5.74) is 3.42. The molecule has 0 aliphatic rings. The molecule has 0 unspecified atom stereocenters. The summed E-state index contributed by atoms with van der Waals surface area (Å²) < 4.78 is 36.3. The smallest absolute Gasteiger partial charge is 0.357 e. The van der Waals surface area contributed by atoms with Crippen molar-refractivity contribution < 1.29 is 17.9 Å². The molecule has 0 atom stereocenters. The lowest BCUT2D eigenvalue weighted by atomic mass is 10.0. The minimum Gasteiger partial charge on any atom is -0.461 e. The highest BCUT2D eigenvalue weighted by atomic mass is 32.2. The molecule has 38 heavy (non-hydrogen) atoms. The fraction of sp³-hybridized carbons (Fsp3) is 0.393. The first-order valence-electron chi connectivity index (χ1n) is 12.6. The van der Waals surface area contributed by atoms with E-state index in [0.29, 0.717) is 30.3 Å². The lowest BCUT2D eigenvalue weighted by Crippen LogP contribution is -2.16. The van der Waals surface area contributed by atoms with Crippen LogP contribution in [-0.4, -0.2) is 62.1 Å². The lowest BCUT2D eigenvalue weighted by Gasteiger charge is -2.13. The number of benzene rings is 2. The Morgan fingerprint density at radius 2 is 1.79 bits per heavy atom. The summed E-state index contributed by atoms with van der Waals surface area (Å²) in [5, 5.41) is 0.681. The van der Waals surface area contributed by atoms with E-state index in [-0.39, 0.29) is 10.9 Å². The van der Waals surface area contributed by atoms with Gasteiger partial charge in [-0.1, -0.05) is 49.7 Å². The monoisotopic (exact) mass is 556 g/mol. The quantitative estimate of drug-likeness (QED) is 0.126. The number of hydrogen-bond donors (Lipinski definition) is 0. The van der Waals surface area contributed by atoms with Gasteiger partial charge in [-0.2, -0.15) is 8.42 Å². The predicted octanol–water partition coefficient (Wildman–Crippen LogP) is 5.04. The molecule has 0 saturated heterocycles. The minimum atomic E-state index is -3.78. The summed E-state index contributed by atoms with van der Waals surface area (Å²) in [4.78, 5) is 19.4. The number of aromatic nitrogens is 2. The average Bonchev–Trinajstić information content (AvgIpc) is 3.24. The van der Waals surface area contributed by atoms with E-state index in [9.17, 15) is 13.2 Å². The first-order valence-corrected chi connectivity index (χ1v) is 15.3. The zero-order valence-electron chi connectivity index (χ0n) is 22.7. The van der Waals surface area contributed by atoms with Gasteiger partial charge in [-0.15, -0.1) is 16.2 Å². The Morgan fingerprint density at radius 3 is 2.45 bits per heavy atom. The largest absolute Gasteiger partial charge is 0.461 e. The highest BCUT2D eigenvalue weighted by Crippen LogP contribution is 2.25.